The Morgan fingerprint density at radius 1 is 1.22 bits per heavy atom. The van der Waals surface area contributed by atoms with E-state index in [0.717, 1.165) is 43.3 Å². The van der Waals surface area contributed by atoms with Crippen LogP contribution < -0.4 is 10.6 Å². The van der Waals surface area contributed by atoms with Crippen LogP contribution in [0.2, 0.25) is 0 Å². The van der Waals surface area contributed by atoms with Gasteiger partial charge in [-0.2, -0.15) is 0 Å². The van der Waals surface area contributed by atoms with Crippen LogP contribution in [0.1, 0.15) is 5.56 Å². The van der Waals surface area contributed by atoms with E-state index in [0.29, 0.717) is 17.4 Å². The maximum Gasteiger partial charge on any atom is 0.191 e. The van der Waals surface area contributed by atoms with Crippen molar-refractivity contribution in [3.63, 3.8) is 0 Å². The molecule has 1 saturated heterocycles. The molecule has 0 spiro atoms. The van der Waals surface area contributed by atoms with Gasteiger partial charge in [-0.1, -0.05) is 12.1 Å². The van der Waals surface area contributed by atoms with Crippen molar-refractivity contribution in [1.29, 1.82) is 0 Å². The van der Waals surface area contributed by atoms with Gasteiger partial charge in [0.05, 0.1) is 4.90 Å². The predicted octanol–water partition coefficient (Wildman–Crippen LogP) is 1.84. The van der Waals surface area contributed by atoms with Gasteiger partial charge < -0.3 is 15.5 Å². The number of nitrogens with zero attached hydrogens (tertiary/aromatic N) is 4. The normalized spacial score (nSPS) is 15.5. The fraction of sp³-hybridized carbons (Fsp3) is 0.412. The number of thiazole rings is 1. The SMILES string of the molecule is CS(=O)(=O)c1ccc(CCN=C(N)N2CCN(c3nccs3)CC2)cc1.I. The number of rotatable bonds is 5. The lowest BCUT2D eigenvalue weighted by atomic mass is 10.1. The van der Waals surface area contributed by atoms with Crippen molar-refractivity contribution in [2.45, 2.75) is 11.3 Å². The molecule has 10 heteroatoms. The van der Waals surface area contributed by atoms with Gasteiger partial charge in [-0.25, -0.2) is 13.4 Å². The van der Waals surface area contributed by atoms with Gasteiger partial charge in [0.1, 0.15) is 0 Å². The van der Waals surface area contributed by atoms with E-state index in [1.807, 2.05) is 23.7 Å². The number of anilines is 1. The van der Waals surface area contributed by atoms with Crippen LogP contribution in [0.15, 0.2) is 45.7 Å². The lowest BCUT2D eigenvalue weighted by molar-refractivity contribution is 0.380. The first-order valence-corrected chi connectivity index (χ1v) is 11.2. The van der Waals surface area contributed by atoms with Crippen molar-refractivity contribution >= 4 is 56.2 Å². The van der Waals surface area contributed by atoms with Crippen LogP contribution in [0.5, 0.6) is 0 Å². The Balaban J connectivity index is 0.00000261. The molecule has 148 valence electrons. The van der Waals surface area contributed by atoms with E-state index in [4.69, 9.17) is 5.73 Å². The maximum absolute atomic E-state index is 11.5. The summed E-state index contributed by atoms with van der Waals surface area (Å²) in [6, 6.07) is 6.93. The summed E-state index contributed by atoms with van der Waals surface area (Å²) in [6.45, 7) is 4.01. The molecule has 0 unspecified atom stereocenters. The third-order valence-electron chi connectivity index (χ3n) is 4.32. The van der Waals surface area contributed by atoms with Gasteiger partial charge >= 0.3 is 0 Å². The Bertz CT molecular complexity index is 846. The molecular weight excluding hydrogens is 497 g/mol. The number of guanidine groups is 1. The molecule has 2 aromatic rings. The number of hydrogen-bond donors (Lipinski definition) is 1. The average molecular weight is 521 g/mol. The van der Waals surface area contributed by atoms with Gasteiger partial charge in [0.25, 0.3) is 0 Å². The molecule has 0 bridgehead atoms. The largest absolute Gasteiger partial charge is 0.370 e. The smallest absolute Gasteiger partial charge is 0.191 e. The fourth-order valence-electron chi connectivity index (χ4n) is 2.80. The lowest BCUT2D eigenvalue weighted by Gasteiger charge is -2.35. The Labute approximate surface area is 181 Å². The minimum atomic E-state index is -3.15. The van der Waals surface area contributed by atoms with E-state index in [1.54, 1.807) is 23.5 Å². The monoisotopic (exact) mass is 521 g/mol. The highest BCUT2D eigenvalue weighted by Gasteiger charge is 2.19. The topological polar surface area (TPSA) is 91.9 Å². The third kappa shape index (κ3) is 6.04. The van der Waals surface area contributed by atoms with Gasteiger partial charge in [-0.15, -0.1) is 35.3 Å². The quantitative estimate of drug-likeness (QED) is 0.367. The molecule has 0 atom stereocenters. The second-order valence-electron chi connectivity index (χ2n) is 6.19. The van der Waals surface area contributed by atoms with Crippen molar-refractivity contribution in [3.8, 4) is 0 Å². The zero-order chi connectivity index (χ0) is 18.6. The first kappa shape index (κ1) is 21.9. The first-order chi connectivity index (χ1) is 12.4. The molecule has 1 fully saturated rings. The number of halogens is 1. The second-order valence-corrected chi connectivity index (χ2v) is 9.08. The molecule has 0 saturated carbocycles. The maximum atomic E-state index is 11.5. The summed E-state index contributed by atoms with van der Waals surface area (Å²) in [5.74, 6) is 0.566. The van der Waals surface area contributed by atoms with Gasteiger partial charge in [0, 0.05) is 50.6 Å². The van der Waals surface area contributed by atoms with E-state index in [9.17, 15) is 8.42 Å². The number of sulfone groups is 1. The molecule has 0 radical (unpaired) electrons. The number of piperazine rings is 1. The molecular formula is C17H24IN5O2S2. The number of aliphatic imine (C=N–C) groups is 1. The number of nitrogens with two attached hydrogens (primary N) is 1. The van der Waals surface area contributed by atoms with Crippen LogP contribution in [0, 0.1) is 0 Å². The molecule has 2 N–H and O–H groups in total. The summed E-state index contributed by atoms with van der Waals surface area (Å²) in [5, 5.41) is 3.04. The van der Waals surface area contributed by atoms with Crippen LogP contribution in [-0.4, -0.2) is 63.2 Å². The van der Waals surface area contributed by atoms with E-state index in [1.165, 1.54) is 6.26 Å². The van der Waals surface area contributed by atoms with Crippen molar-refractivity contribution < 1.29 is 8.42 Å². The van der Waals surface area contributed by atoms with E-state index in [-0.39, 0.29) is 24.0 Å². The highest BCUT2D eigenvalue weighted by atomic mass is 127. The van der Waals surface area contributed by atoms with Crippen LogP contribution in [0.3, 0.4) is 0 Å². The molecule has 3 rings (SSSR count). The summed E-state index contributed by atoms with van der Waals surface area (Å²) >= 11 is 1.65. The van der Waals surface area contributed by atoms with E-state index in [2.05, 4.69) is 19.8 Å². The Hall–Kier alpha value is -1.40. The van der Waals surface area contributed by atoms with Crippen LogP contribution in [0.4, 0.5) is 5.13 Å². The van der Waals surface area contributed by atoms with Crippen molar-refractivity contribution in [1.82, 2.24) is 9.88 Å². The molecule has 1 aliphatic heterocycles. The van der Waals surface area contributed by atoms with Crippen LogP contribution in [-0.2, 0) is 16.3 Å². The number of benzene rings is 1. The van der Waals surface area contributed by atoms with E-state index >= 15 is 0 Å². The van der Waals surface area contributed by atoms with Crippen molar-refractivity contribution in [2.24, 2.45) is 10.7 Å². The van der Waals surface area contributed by atoms with Crippen LogP contribution in [0.25, 0.3) is 0 Å². The standard InChI is InChI=1S/C17H23N5O2S2.HI/c1-26(23,24)15-4-2-14(3-5-15)6-7-19-16(18)21-9-11-22(12-10-21)17-20-8-13-25-17;/h2-5,8,13H,6-7,9-12H2,1H3,(H2,18,19);1H. The molecule has 1 aromatic carbocycles. The molecule has 1 aliphatic rings. The number of aromatic nitrogens is 1. The van der Waals surface area contributed by atoms with Gasteiger partial charge in [0.15, 0.2) is 20.9 Å². The van der Waals surface area contributed by atoms with Crippen molar-refractivity contribution in [2.75, 3.05) is 43.9 Å². The van der Waals surface area contributed by atoms with Crippen molar-refractivity contribution in [3.05, 3.63) is 41.4 Å². The lowest BCUT2D eigenvalue weighted by Crippen LogP contribution is -2.51. The first-order valence-electron chi connectivity index (χ1n) is 8.42. The predicted molar refractivity (Wildman–Crippen MR) is 121 cm³/mol. The summed E-state index contributed by atoms with van der Waals surface area (Å²) in [6.07, 6.45) is 3.76. The highest BCUT2D eigenvalue weighted by molar-refractivity contribution is 14.0. The second kappa shape index (κ2) is 9.69. The third-order valence-corrected chi connectivity index (χ3v) is 6.28. The summed E-state index contributed by atoms with van der Waals surface area (Å²) in [7, 11) is -3.15. The molecule has 1 aromatic heterocycles. The molecule has 0 amide bonds. The van der Waals surface area contributed by atoms with Gasteiger partial charge in [0.2, 0.25) is 0 Å². The highest BCUT2D eigenvalue weighted by Crippen LogP contribution is 2.18. The van der Waals surface area contributed by atoms with Gasteiger partial charge in [-0.3, -0.25) is 4.99 Å². The zero-order valence-electron chi connectivity index (χ0n) is 15.1. The van der Waals surface area contributed by atoms with Gasteiger partial charge in [-0.05, 0) is 24.1 Å². The Kier molecular flexibility index (Phi) is 7.86. The minimum Gasteiger partial charge on any atom is -0.370 e. The molecule has 27 heavy (non-hydrogen) atoms. The summed E-state index contributed by atoms with van der Waals surface area (Å²) in [5.41, 5.74) is 7.17. The van der Waals surface area contributed by atoms with E-state index < -0.39 is 9.84 Å². The molecule has 0 aliphatic carbocycles. The Morgan fingerprint density at radius 3 is 2.44 bits per heavy atom. The average Bonchev–Trinajstić information content (AvgIpc) is 3.16. The fourth-order valence-corrected chi connectivity index (χ4v) is 4.13. The summed E-state index contributed by atoms with van der Waals surface area (Å²) in [4.78, 5) is 13.5. The van der Waals surface area contributed by atoms with Crippen LogP contribution >= 0.6 is 35.3 Å². The number of hydrogen-bond acceptors (Lipinski definition) is 6. The minimum absolute atomic E-state index is 0. The molecule has 7 nitrogen and oxygen atoms in total. The Morgan fingerprint density at radius 2 is 1.89 bits per heavy atom. The summed E-state index contributed by atoms with van der Waals surface area (Å²) < 4.78 is 22.9. The molecule has 2 heterocycles. The zero-order valence-corrected chi connectivity index (χ0v) is 19.1.